The molecule has 0 saturated carbocycles. The van der Waals surface area contributed by atoms with E-state index >= 15 is 0 Å². The molecule has 41 heavy (non-hydrogen) atoms. The van der Waals surface area contributed by atoms with Gasteiger partial charge in [-0.15, -0.1) is 0 Å². The molecule has 7 nitrogen and oxygen atoms in total. The molecule has 8 heteroatoms. The summed E-state index contributed by atoms with van der Waals surface area (Å²) >= 11 is 1.97. The summed E-state index contributed by atoms with van der Waals surface area (Å²) in [4.78, 5) is 34.2. The van der Waals surface area contributed by atoms with Crippen LogP contribution in [0.15, 0.2) is 30.3 Å². The van der Waals surface area contributed by atoms with Crippen LogP contribution in [0, 0.1) is 11.8 Å². The van der Waals surface area contributed by atoms with Gasteiger partial charge in [0.2, 0.25) is 5.91 Å². The van der Waals surface area contributed by atoms with E-state index in [1.54, 1.807) is 0 Å². The van der Waals surface area contributed by atoms with E-state index in [4.69, 9.17) is 4.74 Å². The summed E-state index contributed by atoms with van der Waals surface area (Å²) in [5, 5.41) is 3.47. The van der Waals surface area contributed by atoms with Crippen LogP contribution in [-0.4, -0.2) is 94.7 Å². The van der Waals surface area contributed by atoms with E-state index in [-0.39, 0.29) is 35.5 Å². The van der Waals surface area contributed by atoms with Crippen LogP contribution in [0.3, 0.4) is 0 Å². The fourth-order valence-electron chi connectivity index (χ4n) is 8.65. The molecule has 3 atom stereocenters. The number of thioether (sulfide) groups is 1. The van der Waals surface area contributed by atoms with Crippen molar-refractivity contribution in [2.75, 3.05) is 44.4 Å². The first-order chi connectivity index (χ1) is 19.9. The van der Waals surface area contributed by atoms with Gasteiger partial charge in [-0.25, -0.2) is 4.79 Å². The smallest absolute Gasteiger partial charge is 0.320 e. The molecular weight excluding hydrogens is 532 g/mol. The summed E-state index contributed by atoms with van der Waals surface area (Å²) in [5.74, 6) is 3.14. The molecule has 5 saturated heterocycles. The zero-order chi connectivity index (χ0) is 28.4. The summed E-state index contributed by atoms with van der Waals surface area (Å²) in [5.41, 5.74) is 1.16. The van der Waals surface area contributed by atoms with E-state index in [2.05, 4.69) is 64.2 Å². The number of urea groups is 1. The molecule has 2 unspecified atom stereocenters. The van der Waals surface area contributed by atoms with Gasteiger partial charge in [-0.1, -0.05) is 30.3 Å². The average Bonchev–Trinajstić information content (AvgIpc) is 3.40. The molecule has 1 spiro atoms. The number of nitrogens with one attached hydrogen (secondary N) is 1. The van der Waals surface area contributed by atoms with E-state index < -0.39 is 0 Å². The second kappa shape index (κ2) is 12.8. The average molecular weight is 583 g/mol. The molecule has 0 aromatic heterocycles. The number of fused-ring (bicyclic) bond motifs is 2. The Morgan fingerprint density at radius 3 is 2.37 bits per heavy atom. The van der Waals surface area contributed by atoms with Crippen molar-refractivity contribution >= 4 is 23.7 Å². The maximum Gasteiger partial charge on any atom is 0.320 e. The van der Waals surface area contributed by atoms with E-state index in [9.17, 15) is 9.59 Å². The van der Waals surface area contributed by atoms with Crippen molar-refractivity contribution in [3.8, 4) is 0 Å². The van der Waals surface area contributed by atoms with Gasteiger partial charge in [-0.2, -0.15) is 11.8 Å². The van der Waals surface area contributed by atoms with Gasteiger partial charge >= 0.3 is 6.03 Å². The summed E-state index contributed by atoms with van der Waals surface area (Å²) in [6.45, 7) is 8.81. The SMILES string of the molecule is CC(C)N1C(=O)N(CC2CCOCC2)CC12CC1CCC(C2)N1CC[C@H](NC(=O)C1CCSCC1)c1ccccc1. The molecule has 6 rings (SSSR count). The Labute approximate surface area is 251 Å². The van der Waals surface area contributed by atoms with Crippen LogP contribution < -0.4 is 5.32 Å². The van der Waals surface area contributed by atoms with Crippen molar-refractivity contribution in [1.29, 1.82) is 0 Å². The van der Waals surface area contributed by atoms with E-state index in [0.29, 0.717) is 18.0 Å². The first-order valence-electron chi connectivity index (χ1n) is 16.3. The number of nitrogens with zero attached hydrogens (tertiary/aromatic N) is 3. The number of amides is 3. The quantitative estimate of drug-likeness (QED) is 0.427. The lowest BCUT2D eigenvalue weighted by Gasteiger charge is -2.49. The third-order valence-electron chi connectivity index (χ3n) is 10.6. The lowest BCUT2D eigenvalue weighted by atomic mass is 9.81. The van der Waals surface area contributed by atoms with Gasteiger partial charge in [0.15, 0.2) is 0 Å². The summed E-state index contributed by atoms with van der Waals surface area (Å²) < 4.78 is 5.58. The Morgan fingerprint density at radius 1 is 1.02 bits per heavy atom. The standard InChI is InChI=1S/C33H50N4O3S/c1-24(2)37-32(39)35(22-25-11-16-40-17-12-25)23-33(37)20-28-8-9-29(21-33)36(28)15-10-30(26-6-4-3-5-7-26)34-31(38)27-13-18-41-19-14-27/h3-7,24-25,27-30H,8-23H2,1-2H3,(H,34,38)/t28?,29?,30-,33?/m0/s1. The van der Waals surface area contributed by atoms with Crippen LogP contribution in [0.1, 0.15) is 83.2 Å². The normalized spacial score (nSPS) is 30.5. The fraction of sp³-hybridized carbons (Fsp3) is 0.758. The fourth-order valence-corrected chi connectivity index (χ4v) is 9.75. The second-order valence-electron chi connectivity index (χ2n) is 13.6. The molecule has 1 aromatic rings. The Bertz CT molecular complexity index is 1030. The number of hydrogen-bond acceptors (Lipinski definition) is 5. The van der Waals surface area contributed by atoms with Crippen LogP contribution in [0.4, 0.5) is 4.79 Å². The topological polar surface area (TPSA) is 65.1 Å². The monoisotopic (exact) mass is 582 g/mol. The minimum atomic E-state index is -0.0508. The lowest BCUT2D eigenvalue weighted by molar-refractivity contribution is -0.126. The van der Waals surface area contributed by atoms with Crippen LogP contribution in [0.5, 0.6) is 0 Å². The van der Waals surface area contributed by atoms with Crippen molar-refractivity contribution in [1.82, 2.24) is 20.0 Å². The number of carbonyl (C=O) groups is 2. The highest BCUT2D eigenvalue weighted by atomic mass is 32.2. The molecular formula is C33H50N4O3S. The third kappa shape index (κ3) is 6.30. The number of carbonyl (C=O) groups excluding carboxylic acids is 2. The predicted molar refractivity (Wildman–Crippen MR) is 165 cm³/mol. The molecule has 0 radical (unpaired) electrons. The lowest BCUT2D eigenvalue weighted by Crippen LogP contribution is -2.60. The van der Waals surface area contributed by atoms with E-state index in [1.807, 2.05) is 11.8 Å². The molecule has 5 aliphatic rings. The third-order valence-corrected chi connectivity index (χ3v) is 11.6. The van der Waals surface area contributed by atoms with Gasteiger partial charge < -0.3 is 19.9 Å². The van der Waals surface area contributed by atoms with Gasteiger partial charge in [-0.05, 0) is 94.6 Å². The number of ether oxygens (including phenoxy) is 1. The first kappa shape index (κ1) is 29.3. The van der Waals surface area contributed by atoms with Crippen molar-refractivity contribution in [2.45, 2.75) is 101 Å². The van der Waals surface area contributed by atoms with Crippen molar-refractivity contribution < 1.29 is 14.3 Å². The predicted octanol–water partition coefficient (Wildman–Crippen LogP) is 5.32. The van der Waals surface area contributed by atoms with Crippen LogP contribution in [-0.2, 0) is 9.53 Å². The first-order valence-corrected chi connectivity index (χ1v) is 17.4. The Kier molecular flexibility index (Phi) is 9.18. The van der Waals surface area contributed by atoms with E-state index in [1.165, 1.54) is 18.4 Å². The molecule has 1 N–H and O–H groups in total. The zero-order valence-electron chi connectivity index (χ0n) is 25.1. The van der Waals surface area contributed by atoms with Gasteiger partial charge in [0, 0.05) is 56.9 Å². The van der Waals surface area contributed by atoms with Gasteiger partial charge in [0.05, 0.1) is 11.6 Å². The zero-order valence-corrected chi connectivity index (χ0v) is 26.0. The van der Waals surface area contributed by atoms with Crippen LogP contribution >= 0.6 is 11.8 Å². The minimum absolute atomic E-state index is 0.0451. The maximum atomic E-state index is 13.8. The van der Waals surface area contributed by atoms with Gasteiger partial charge in [0.25, 0.3) is 0 Å². The van der Waals surface area contributed by atoms with Crippen molar-refractivity contribution in [3.63, 3.8) is 0 Å². The summed E-state index contributed by atoms with van der Waals surface area (Å²) in [6.07, 6.45) is 9.62. The molecule has 1 aromatic carbocycles. The number of benzene rings is 1. The molecule has 5 fully saturated rings. The Hall–Kier alpha value is -1.77. The van der Waals surface area contributed by atoms with Gasteiger partial charge in [-0.3, -0.25) is 9.69 Å². The number of rotatable bonds is 9. The molecule has 5 heterocycles. The largest absolute Gasteiger partial charge is 0.381 e. The van der Waals surface area contributed by atoms with E-state index in [0.717, 1.165) is 89.3 Å². The highest BCUT2D eigenvalue weighted by Gasteiger charge is 2.57. The molecule has 3 amide bonds. The molecule has 226 valence electrons. The Balaban J connectivity index is 1.13. The van der Waals surface area contributed by atoms with Crippen molar-refractivity contribution in [2.24, 2.45) is 11.8 Å². The van der Waals surface area contributed by atoms with Crippen LogP contribution in [0.25, 0.3) is 0 Å². The highest BCUT2D eigenvalue weighted by Crippen LogP contribution is 2.48. The minimum Gasteiger partial charge on any atom is -0.381 e. The maximum absolute atomic E-state index is 13.8. The molecule has 2 bridgehead atoms. The number of hydrogen-bond donors (Lipinski definition) is 1. The second-order valence-corrected chi connectivity index (χ2v) is 14.8. The van der Waals surface area contributed by atoms with Crippen LogP contribution in [0.2, 0.25) is 0 Å². The molecule has 5 aliphatic heterocycles. The summed E-state index contributed by atoms with van der Waals surface area (Å²) in [6, 6.07) is 12.1. The molecule has 0 aliphatic carbocycles. The number of piperidine rings is 1. The summed E-state index contributed by atoms with van der Waals surface area (Å²) in [7, 11) is 0. The van der Waals surface area contributed by atoms with Gasteiger partial charge in [0.1, 0.15) is 0 Å². The Morgan fingerprint density at radius 2 is 1.71 bits per heavy atom. The van der Waals surface area contributed by atoms with Crippen molar-refractivity contribution in [3.05, 3.63) is 35.9 Å². The highest BCUT2D eigenvalue weighted by molar-refractivity contribution is 7.99.